The summed E-state index contributed by atoms with van der Waals surface area (Å²) in [6.07, 6.45) is -4.72. The van der Waals surface area contributed by atoms with Crippen LogP contribution in [0.2, 0.25) is 0 Å². The number of rotatable bonds is 3. The first-order chi connectivity index (χ1) is 6.38. The zero-order chi connectivity index (χ0) is 10.8. The van der Waals surface area contributed by atoms with Crippen molar-refractivity contribution in [3.8, 4) is 0 Å². The number of Topliss-reactive ketones (excluding diaryl/α,β-unsaturated/α-hetero) is 1. The van der Waals surface area contributed by atoms with Gasteiger partial charge in [0.05, 0.1) is 12.0 Å². The molecule has 1 aromatic rings. The molecule has 1 heterocycles. The highest BCUT2D eigenvalue weighted by Gasteiger charge is 2.28. The van der Waals surface area contributed by atoms with Crippen LogP contribution in [0.3, 0.4) is 0 Å². The molecule has 0 spiro atoms. The second-order valence-electron chi connectivity index (χ2n) is 2.98. The van der Waals surface area contributed by atoms with Crippen LogP contribution in [0.25, 0.3) is 0 Å². The molecule has 1 aromatic heterocycles. The lowest BCUT2D eigenvalue weighted by molar-refractivity contribution is -0.133. The number of hydrogen-bond donors (Lipinski definition) is 0. The fourth-order valence-electron chi connectivity index (χ4n) is 0.989. The minimum absolute atomic E-state index is 0.201. The summed E-state index contributed by atoms with van der Waals surface area (Å²) in [5, 5.41) is 0. The van der Waals surface area contributed by atoms with E-state index in [0.29, 0.717) is 5.76 Å². The smallest absolute Gasteiger partial charge is 0.389 e. The number of halogens is 3. The van der Waals surface area contributed by atoms with Crippen LogP contribution in [-0.2, 0) is 0 Å². The number of aryl methyl sites for hydroxylation is 1. The van der Waals surface area contributed by atoms with Gasteiger partial charge in [0.25, 0.3) is 0 Å². The molecule has 0 atom stereocenters. The van der Waals surface area contributed by atoms with Crippen LogP contribution in [0.15, 0.2) is 16.7 Å². The zero-order valence-electron chi connectivity index (χ0n) is 7.52. The van der Waals surface area contributed by atoms with Gasteiger partial charge in [-0.1, -0.05) is 0 Å². The number of alkyl halides is 3. The third-order valence-electron chi connectivity index (χ3n) is 1.69. The molecule has 0 fully saturated rings. The van der Waals surface area contributed by atoms with Crippen molar-refractivity contribution in [2.45, 2.75) is 25.9 Å². The number of furan rings is 1. The van der Waals surface area contributed by atoms with E-state index >= 15 is 0 Å². The van der Waals surface area contributed by atoms with Gasteiger partial charge >= 0.3 is 6.18 Å². The van der Waals surface area contributed by atoms with Gasteiger partial charge in [-0.3, -0.25) is 4.79 Å². The lowest BCUT2D eigenvalue weighted by atomic mass is 10.1. The zero-order valence-corrected chi connectivity index (χ0v) is 7.52. The second kappa shape index (κ2) is 3.86. The van der Waals surface area contributed by atoms with Crippen molar-refractivity contribution in [1.82, 2.24) is 0 Å². The second-order valence-corrected chi connectivity index (χ2v) is 2.98. The van der Waals surface area contributed by atoms with Gasteiger partial charge in [-0.25, -0.2) is 0 Å². The molecule has 0 unspecified atom stereocenters. The number of carbonyl (C=O) groups excluding carboxylic acids is 1. The predicted octanol–water partition coefficient (Wildman–Crippen LogP) is 3.11. The largest absolute Gasteiger partial charge is 0.469 e. The summed E-state index contributed by atoms with van der Waals surface area (Å²) in [5.74, 6) is -0.0282. The summed E-state index contributed by atoms with van der Waals surface area (Å²) >= 11 is 0. The van der Waals surface area contributed by atoms with Gasteiger partial charge in [-0.15, -0.1) is 0 Å². The SMILES string of the molecule is Cc1cc(C(=O)CCC(F)(F)F)co1. The van der Waals surface area contributed by atoms with E-state index in [0.717, 1.165) is 0 Å². The molecule has 0 aliphatic heterocycles. The standard InChI is InChI=1S/C9H9F3O2/c1-6-4-7(5-14-6)8(13)2-3-9(10,11)12/h4-5H,2-3H2,1H3. The average molecular weight is 206 g/mol. The lowest BCUT2D eigenvalue weighted by Crippen LogP contribution is -2.10. The van der Waals surface area contributed by atoms with Gasteiger partial charge in [0, 0.05) is 6.42 Å². The van der Waals surface area contributed by atoms with Crippen molar-refractivity contribution in [2.75, 3.05) is 0 Å². The Morgan fingerprint density at radius 2 is 2.14 bits per heavy atom. The minimum atomic E-state index is -4.28. The molecule has 0 aliphatic carbocycles. The van der Waals surface area contributed by atoms with E-state index in [9.17, 15) is 18.0 Å². The Hall–Kier alpha value is -1.26. The van der Waals surface area contributed by atoms with Gasteiger partial charge in [0.1, 0.15) is 12.0 Å². The normalized spacial score (nSPS) is 11.7. The summed E-state index contributed by atoms with van der Waals surface area (Å²) in [7, 11) is 0. The maximum atomic E-state index is 11.8. The van der Waals surface area contributed by atoms with Crippen LogP contribution in [0.4, 0.5) is 13.2 Å². The Bertz CT molecular complexity index is 325. The molecule has 0 radical (unpaired) electrons. The van der Waals surface area contributed by atoms with Crippen molar-refractivity contribution in [2.24, 2.45) is 0 Å². The van der Waals surface area contributed by atoms with Crippen molar-refractivity contribution < 1.29 is 22.4 Å². The topological polar surface area (TPSA) is 30.2 Å². The Balaban J connectivity index is 2.52. The highest BCUT2D eigenvalue weighted by molar-refractivity contribution is 5.95. The van der Waals surface area contributed by atoms with E-state index in [1.165, 1.54) is 12.3 Å². The molecule has 78 valence electrons. The summed E-state index contributed by atoms with van der Waals surface area (Å²) in [6, 6.07) is 1.43. The molecule has 0 saturated carbocycles. The first-order valence-corrected chi connectivity index (χ1v) is 4.03. The van der Waals surface area contributed by atoms with Crippen molar-refractivity contribution in [3.05, 3.63) is 23.7 Å². The Morgan fingerprint density at radius 1 is 1.50 bits per heavy atom. The van der Waals surface area contributed by atoms with Crippen LogP contribution >= 0.6 is 0 Å². The lowest BCUT2D eigenvalue weighted by Gasteiger charge is -2.03. The fraction of sp³-hybridized carbons (Fsp3) is 0.444. The van der Waals surface area contributed by atoms with E-state index in [1.54, 1.807) is 6.92 Å². The maximum Gasteiger partial charge on any atom is 0.389 e. The predicted molar refractivity (Wildman–Crippen MR) is 43.1 cm³/mol. The number of carbonyl (C=O) groups is 1. The maximum absolute atomic E-state index is 11.8. The van der Waals surface area contributed by atoms with Crippen LogP contribution in [-0.4, -0.2) is 12.0 Å². The van der Waals surface area contributed by atoms with Crippen LogP contribution in [0.1, 0.15) is 29.0 Å². The van der Waals surface area contributed by atoms with E-state index in [4.69, 9.17) is 4.42 Å². The first kappa shape index (κ1) is 10.8. The van der Waals surface area contributed by atoms with Crippen molar-refractivity contribution >= 4 is 5.78 Å². The fourth-order valence-corrected chi connectivity index (χ4v) is 0.989. The third kappa shape index (κ3) is 3.24. The summed E-state index contributed by atoms with van der Waals surface area (Å²) in [6.45, 7) is 1.63. The van der Waals surface area contributed by atoms with E-state index in [-0.39, 0.29) is 5.56 Å². The van der Waals surface area contributed by atoms with Crippen molar-refractivity contribution in [3.63, 3.8) is 0 Å². The molecule has 1 rings (SSSR count). The Labute approximate surface area is 78.7 Å². The average Bonchev–Trinajstić information content (AvgIpc) is 2.46. The highest BCUT2D eigenvalue weighted by atomic mass is 19.4. The molecule has 0 aromatic carbocycles. The highest BCUT2D eigenvalue weighted by Crippen LogP contribution is 2.22. The molecule has 0 bridgehead atoms. The summed E-state index contributed by atoms with van der Waals surface area (Å²) in [5.41, 5.74) is 0.201. The molecular formula is C9H9F3O2. The summed E-state index contributed by atoms with van der Waals surface area (Å²) < 4.78 is 40.1. The third-order valence-corrected chi connectivity index (χ3v) is 1.69. The molecule has 0 saturated heterocycles. The quantitative estimate of drug-likeness (QED) is 0.711. The van der Waals surface area contributed by atoms with Crippen LogP contribution in [0.5, 0.6) is 0 Å². The van der Waals surface area contributed by atoms with Gasteiger partial charge in [-0.2, -0.15) is 13.2 Å². The van der Waals surface area contributed by atoms with Crippen molar-refractivity contribution in [1.29, 1.82) is 0 Å². The van der Waals surface area contributed by atoms with Gasteiger partial charge in [0.15, 0.2) is 5.78 Å². The summed E-state index contributed by atoms with van der Waals surface area (Å²) in [4.78, 5) is 11.1. The van der Waals surface area contributed by atoms with E-state index in [1.807, 2.05) is 0 Å². The molecule has 2 nitrogen and oxygen atoms in total. The van der Waals surface area contributed by atoms with Gasteiger partial charge in [0.2, 0.25) is 0 Å². The molecule has 0 aliphatic rings. The molecule has 0 N–H and O–H groups in total. The number of ketones is 1. The van der Waals surface area contributed by atoms with Gasteiger partial charge in [-0.05, 0) is 13.0 Å². The molecule has 0 amide bonds. The Morgan fingerprint density at radius 3 is 2.57 bits per heavy atom. The van der Waals surface area contributed by atoms with Gasteiger partial charge < -0.3 is 4.42 Å². The Kier molecular flexibility index (Phi) is 2.98. The van der Waals surface area contributed by atoms with Crippen LogP contribution in [0, 0.1) is 6.92 Å². The first-order valence-electron chi connectivity index (χ1n) is 4.03. The van der Waals surface area contributed by atoms with E-state index < -0.39 is 24.8 Å². The number of hydrogen-bond acceptors (Lipinski definition) is 2. The molecular weight excluding hydrogens is 197 g/mol. The molecule has 5 heteroatoms. The monoisotopic (exact) mass is 206 g/mol. The minimum Gasteiger partial charge on any atom is -0.469 e. The molecule has 14 heavy (non-hydrogen) atoms. The van der Waals surface area contributed by atoms with E-state index in [2.05, 4.69) is 0 Å². The van der Waals surface area contributed by atoms with Crippen LogP contribution < -0.4 is 0 Å².